The number of anilines is 2. The van der Waals surface area contributed by atoms with Crippen molar-refractivity contribution in [2.24, 2.45) is 13.0 Å². The van der Waals surface area contributed by atoms with E-state index in [1.807, 2.05) is 30.3 Å². The van der Waals surface area contributed by atoms with Gasteiger partial charge in [0.1, 0.15) is 5.82 Å². The molecule has 11 nitrogen and oxygen atoms in total. The number of thioether (sulfide) groups is 1. The van der Waals surface area contributed by atoms with Gasteiger partial charge in [-0.2, -0.15) is 0 Å². The summed E-state index contributed by atoms with van der Waals surface area (Å²) in [5, 5.41) is 15.5. The van der Waals surface area contributed by atoms with Gasteiger partial charge in [0.15, 0.2) is 15.1 Å². The highest BCUT2D eigenvalue weighted by Crippen LogP contribution is 2.35. The fourth-order valence-corrected chi connectivity index (χ4v) is 8.16. The number of hydrogen-bond acceptors (Lipinski definition) is 10. The highest BCUT2D eigenvalue weighted by molar-refractivity contribution is 7.98. The van der Waals surface area contributed by atoms with E-state index in [1.54, 1.807) is 0 Å². The molecule has 0 atom stereocenters. The average Bonchev–Trinajstić information content (AvgIpc) is 3.70. The number of hydrogen-bond donors (Lipinski definition) is 2. The normalized spacial score (nSPS) is 13.8. The van der Waals surface area contributed by atoms with Crippen molar-refractivity contribution in [1.29, 1.82) is 0 Å². The highest BCUT2D eigenvalue weighted by Gasteiger charge is 2.31. The lowest BCUT2D eigenvalue weighted by molar-refractivity contribution is 0.0923. The first kappa shape index (κ1) is 27.9. The van der Waals surface area contributed by atoms with E-state index in [-0.39, 0.29) is 48.9 Å². The fourth-order valence-electron chi connectivity index (χ4n) is 4.38. The number of aryl methyl sites for hydroxylation is 1. The number of Topliss-reactive ketones (excluding diaryl/α,β-unsaturated/α-hetero) is 1. The van der Waals surface area contributed by atoms with Crippen LogP contribution in [0.25, 0.3) is 0 Å². The lowest BCUT2D eigenvalue weighted by Gasteiger charge is -2.14. The summed E-state index contributed by atoms with van der Waals surface area (Å²) in [6.45, 7) is 0. The SMILES string of the molecule is Cn1nnnc1S(=O)(=O)c1sc(NC(=O)Nc2ccc(F)cc2C(=O)C2CCCC2)nc1CSc1ccccc1. The number of rotatable bonds is 9. The van der Waals surface area contributed by atoms with Gasteiger partial charge >= 0.3 is 6.03 Å². The largest absolute Gasteiger partial charge is 0.325 e. The molecule has 2 N–H and O–H groups in total. The minimum atomic E-state index is -4.16. The second-order valence-corrected chi connectivity index (χ2v) is 13.1. The number of benzene rings is 2. The first-order valence-corrected chi connectivity index (χ1v) is 15.6. The van der Waals surface area contributed by atoms with E-state index < -0.39 is 21.7 Å². The number of amides is 2. The molecule has 0 spiro atoms. The zero-order chi connectivity index (χ0) is 28.3. The maximum Gasteiger partial charge on any atom is 0.325 e. The van der Waals surface area contributed by atoms with Crippen LogP contribution in [0.15, 0.2) is 62.8 Å². The predicted molar refractivity (Wildman–Crippen MR) is 148 cm³/mol. The van der Waals surface area contributed by atoms with Crippen molar-refractivity contribution in [2.45, 2.75) is 45.7 Å². The van der Waals surface area contributed by atoms with Gasteiger partial charge in [0.2, 0.25) is 0 Å². The molecule has 0 saturated heterocycles. The summed E-state index contributed by atoms with van der Waals surface area (Å²) < 4.78 is 41.8. The second-order valence-electron chi connectivity index (χ2n) is 9.06. The van der Waals surface area contributed by atoms with E-state index in [0.717, 1.165) is 58.7 Å². The van der Waals surface area contributed by atoms with Crippen LogP contribution in [0.3, 0.4) is 0 Å². The average molecular weight is 602 g/mol. The van der Waals surface area contributed by atoms with Gasteiger partial charge in [0.25, 0.3) is 15.0 Å². The molecule has 0 unspecified atom stereocenters. The third kappa shape index (κ3) is 6.05. The molecule has 1 saturated carbocycles. The first-order valence-electron chi connectivity index (χ1n) is 12.3. The predicted octanol–water partition coefficient (Wildman–Crippen LogP) is 4.95. The number of thiazole rings is 1. The number of tetrazole rings is 1. The Balaban J connectivity index is 1.40. The third-order valence-corrected chi connectivity index (χ3v) is 10.6. The Hall–Kier alpha value is -3.69. The second kappa shape index (κ2) is 11.8. The van der Waals surface area contributed by atoms with Crippen LogP contribution in [-0.4, -0.2) is 45.4 Å². The molecule has 1 aliphatic rings. The van der Waals surface area contributed by atoms with Crippen molar-refractivity contribution in [1.82, 2.24) is 25.2 Å². The summed E-state index contributed by atoms with van der Waals surface area (Å²) >= 11 is 2.14. The van der Waals surface area contributed by atoms with Crippen LogP contribution in [0, 0.1) is 11.7 Å². The number of halogens is 1. The quantitative estimate of drug-likeness (QED) is 0.201. The molecule has 1 aliphatic carbocycles. The molecule has 0 bridgehead atoms. The summed E-state index contributed by atoms with van der Waals surface area (Å²) in [7, 11) is -2.75. The molecule has 0 radical (unpaired) electrons. The van der Waals surface area contributed by atoms with Gasteiger partial charge in [-0.05, 0) is 53.6 Å². The Morgan fingerprint density at radius 2 is 1.88 bits per heavy atom. The van der Waals surface area contributed by atoms with E-state index in [4.69, 9.17) is 0 Å². The lowest BCUT2D eigenvalue weighted by Crippen LogP contribution is -2.22. The molecular weight excluding hydrogens is 578 g/mol. The topological polar surface area (TPSA) is 149 Å². The summed E-state index contributed by atoms with van der Waals surface area (Å²) in [5.41, 5.74) is 0.473. The number of urea groups is 1. The summed E-state index contributed by atoms with van der Waals surface area (Å²) in [6, 6.07) is 12.2. The zero-order valence-electron chi connectivity index (χ0n) is 21.2. The monoisotopic (exact) mass is 601 g/mol. The number of ketones is 1. The van der Waals surface area contributed by atoms with Crippen LogP contribution >= 0.6 is 23.1 Å². The summed E-state index contributed by atoms with van der Waals surface area (Å²) in [5.74, 6) is -0.813. The standard InChI is InChI=1S/C25H24FN7O4S3/c1-33-25(30-31-32-33)40(36,37)22-20(14-38-17-9-3-2-4-10-17)28-24(39-22)29-23(35)27-19-12-11-16(26)13-18(19)21(34)15-7-5-6-8-15/h2-4,9-13,15H,5-8,14H2,1H3,(H2,27,28,29,35). The van der Waals surface area contributed by atoms with Gasteiger partial charge in [0.05, 0.1) is 11.4 Å². The van der Waals surface area contributed by atoms with Crippen molar-refractivity contribution in [3.05, 3.63) is 65.6 Å². The van der Waals surface area contributed by atoms with E-state index in [0.29, 0.717) is 0 Å². The minimum Gasteiger partial charge on any atom is -0.307 e. The van der Waals surface area contributed by atoms with Gasteiger partial charge in [-0.1, -0.05) is 47.5 Å². The van der Waals surface area contributed by atoms with Crippen LogP contribution in [0.2, 0.25) is 0 Å². The van der Waals surface area contributed by atoms with Gasteiger partial charge in [0, 0.05) is 29.2 Å². The van der Waals surface area contributed by atoms with Crippen LogP contribution in [-0.2, 0) is 22.6 Å². The number of nitrogens with one attached hydrogen (secondary N) is 2. The zero-order valence-corrected chi connectivity index (χ0v) is 23.7. The van der Waals surface area contributed by atoms with Crippen molar-refractivity contribution >= 4 is 55.6 Å². The number of nitrogens with zero attached hydrogens (tertiary/aromatic N) is 5. The van der Waals surface area contributed by atoms with E-state index >= 15 is 0 Å². The first-order chi connectivity index (χ1) is 19.2. The molecule has 2 aromatic heterocycles. The van der Waals surface area contributed by atoms with Gasteiger partial charge < -0.3 is 5.32 Å². The molecular formula is C25H24FN7O4S3. The Morgan fingerprint density at radius 1 is 1.12 bits per heavy atom. The maximum absolute atomic E-state index is 14.0. The van der Waals surface area contributed by atoms with Crippen molar-refractivity contribution in [3.8, 4) is 0 Å². The maximum atomic E-state index is 14.0. The Kier molecular flexibility index (Phi) is 8.23. The van der Waals surface area contributed by atoms with Crippen molar-refractivity contribution in [2.75, 3.05) is 10.6 Å². The number of carbonyl (C=O) groups excluding carboxylic acids is 2. The third-order valence-electron chi connectivity index (χ3n) is 6.29. The van der Waals surface area contributed by atoms with E-state index in [9.17, 15) is 22.4 Å². The van der Waals surface area contributed by atoms with Crippen LogP contribution < -0.4 is 10.6 Å². The van der Waals surface area contributed by atoms with Crippen molar-refractivity contribution in [3.63, 3.8) is 0 Å². The smallest absolute Gasteiger partial charge is 0.307 e. The van der Waals surface area contributed by atoms with Crippen LogP contribution in [0.5, 0.6) is 0 Å². The van der Waals surface area contributed by atoms with Gasteiger partial charge in [-0.25, -0.2) is 27.3 Å². The Bertz CT molecular complexity index is 1650. The summed E-state index contributed by atoms with van der Waals surface area (Å²) in [4.78, 5) is 31.2. The van der Waals surface area contributed by atoms with Crippen LogP contribution in [0.1, 0.15) is 41.7 Å². The molecule has 1 fully saturated rings. The van der Waals surface area contributed by atoms with Crippen molar-refractivity contribution < 1.29 is 22.4 Å². The summed E-state index contributed by atoms with van der Waals surface area (Å²) in [6.07, 6.45) is 3.31. The minimum absolute atomic E-state index is 0.0145. The van der Waals surface area contributed by atoms with E-state index in [1.165, 1.54) is 24.9 Å². The van der Waals surface area contributed by atoms with E-state index in [2.05, 4.69) is 31.1 Å². The molecule has 4 aromatic rings. The Morgan fingerprint density at radius 3 is 2.58 bits per heavy atom. The number of sulfone groups is 1. The van der Waals surface area contributed by atoms with Crippen LogP contribution in [0.4, 0.5) is 20.0 Å². The molecule has 2 amide bonds. The lowest BCUT2D eigenvalue weighted by atomic mass is 9.95. The molecule has 2 aromatic carbocycles. The molecule has 40 heavy (non-hydrogen) atoms. The van der Waals surface area contributed by atoms with Gasteiger partial charge in [-0.3, -0.25) is 10.1 Å². The Labute approximate surface area is 237 Å². The molecule has 0 aliphatic heterocycles. The fraction of sp³-hybridized carbons (Fsp3) is 0.280. The molecule has 5 rings (SSSR count). The molecule has 2 heterocycles. The molecule has 208 valence electrons. The number of carbonyl (C=O) groups is 2. The molecule has 15 heteroatoms. The van der Waals surface area contributed by atoms with Gasteiger partial charge in [-0.15, -0.1) is 11.8 Å². The highest BCUT2D eigenvalue weighted by atomic mass is 32.2. The number of aromatic nitrogens is 5.